The third-order valence-corrected chi connectivity index (χ3v) is 3.89. The topological polar surface area (TPSA) is 51.5 Å². The van der Waals surface area contributed by atoms with E-state index in [0.29, 0.717) is 0 Å². The largest absolute Gasteiger partial charge is 0.497 e. The third kappa shape index (κ3) is 2.17. The summed E-state index contributed by atoms with van der Waals surface area (Å²) in [7, 11) is 3.52. The molecule has 0 saturated carbocycles. The van der Waals surface area contributed by atoms with Crippen molar-refractivity contribution in [2.45, 2.75) is 0 Å². The summed E-state index contributed by atoms with van der Waals surface area (Å²) in [4.78, 5) is 9.41. The molecule has 5 nitrogen and oxygen atoms in total. The Labute approximate surface area is 133 Å². The lowest BCUT2D eigenvalue weighted by atomic mass is 10.1. The number of imidazole rings is 1. The zero-order valence-corrected chi connectivity index (χ0v) is 12.9. The molecule has 2 heterocycles. The number of nitrogens with one attached hydrogen (secondary N) is 1. The Balaban J connectivity index is 2.01. The quantitative estimate of drug-likeness (QED) is 0.628. The highest BCUT2D eigenvalue weighted by Gasteiger charge is 2.12. The van der Waals surface area contributed by atoms with Gasteiger partial charge in [0.05, 0.1) is 23.8 Å². The third-order valence-electron chi connectivity index (χ3n) is 3.89. The molecule has 0 bridgehead atoms. The zero-order chi connectivity index (χ0) is 15.8. The molecule has 0 saturated heterocycles. The Morgan fingerprint density at radius 3 is 2.74 bits per heavy atom. The highest BCUT2D eigenvalue weighted by molar-refractivity contribution is 5.84. The summed E-state index contributed by atoms with van der Waals surface area (Å²) in [6.07, 6.45) is 2.04. The van der Waals surface area contributed by atoms with Crippen molar-refractivity contribution >= 4 is 22.5 Å². The van der Waals surface area contributed by atoms with Crippen LogP contribution in [0, 0.1) is 0 Å². The van der Waals surface area contributed by atoms with Gasteiger partial charge in [0.2, 0.25) is 0 Å². The molecule has 2 aromatic carbocycles. The molecule has 4 aromatic rings. The molecule has 114 valence electrons. The first kappa shape index (κ1) is 13.6. The van der Waals surface area contributed by atoms with Gasteiger partial charge in [0.25, 0.3) is 0 Å². The number of methoxy groups -OCH3 is 1. The van der Waals surface area contributed by atoms with Crippen LogP contribution in [-0.2, 0) is 0 Å². The van der Waals surface area contributed by atoms with Crippen molar-refractivity contribution in [1.82, 2.24) is 14.4 Å². The Hall–Kier alpha value is -3.08. The minimum Gasteiger partial charge on any atom is -0.497 e. The smallest absolute Gasteiger partial charge is 0.181 e. The highest BCUT2D eigenvalue weighted by atomic mass is 16.5. The second kappa shape index (κ2) is 5.28. The number of para-hydroxylation sites is 2. The number of ether oxygens (including phenoxy) is 1. The van der Waals surface area contributed by atoms with Crippen LogP contribution in [0.5, 0.6) is 5.75 Å². The molecule has 0 unspecified atom stereocenters. The Morgan fingerprint density at radius 1 is 1.04 bits per heavy atom. The molecule has 23 heavy (non-hydrogen) atoms. The van der Waals surface area contributed by atoms with Gasteiger partial charge in [-0.2, -0.15) is 0 Å². The Kier molecular flexibility index (Phi) is 3.12. The average molecular weight is 304 g/mol. The minimum absolute atomic E-state index is 0.762. The van der Waals surface area contributed by atoms with Crippen LogP contribution in [-0.4, -0.2) is 28.5 Å². The first-order valence-electron chi connectivity index (χ1n) is 7.40. The van der Waals surface area contributed by atoms with E-state index in [1.165, 1.54) is 0 Å². The van der Waals surface area contributed by atoms with Crippen molar-refractivity contribution < 1.29 is 4.74 Å². The maximum absolute atomic E-state index is 5.31. The van der Waals surface area contributed by atoms with Gasteiger partial charge in [-0.3, -0.25) is 4.40 Å². The number of anilines is 1. The van der Waals surface area contributed by atoms with E-state index < -0.39 is 0 Å². The fourth-order valence-electron chi connectivity index (χ4n) is 2.75. The molecule has 0 aliphatic carbocycles. The van der Waals surface area contributed by atoms with Gasteiger partial charge in [-0.1, -0.05) is 24.3 Å². The normalized spacial score (nSPS) is 11.0. The fraction of sp³-hybridized carbons (Fsp3) is 0.111. The summed E-state index contributed by atoms with van der Waals surface area (Å²) >= 11 is 0. The molecule has 0 aliphatic heterocycles. The van der Waals surface area contributed by atoms with Crippen LogP contribution in [0.15, 0.2) is 54.7 Å². The average Bonchev–Trinajstić information content (AvgIpc) is 3.06. The number of benzene rings is 2. The Bertz CT molecular complexity index is 1010. The monoisotopic (exact) mass is 304 g/mol. The maximum Gasteiger partial charge on any atom is 0.181 e. The lowest BCUT2D eigenvalue weighted by Crippen LogP contribution is -1.98. The van der Waals surface area contributed by atoms with E-state index in [0.717, 1.165) is 39.5 Å². The molecule has 0 radical (unpaired) electrons. The molecule has 0 atom stereocenters. The van der Waals surface area contributed by atoms with Crippen molar-refractivity contribution in [3.8, 4) is 17.0 Å². The molecule has 4 rings (SSSR count). The van der Waals surface area contributed by atoms with E-state index >= 15 is 0 Å². The van der Waals surface area contributed by atoms with Gasteiger partial charge in [-0.25, -0.2) is 9.97 Å². The van der Waals surface area contributed by atoms with E-state index in [2.05, 4.69) is 14.7 Å². The second-order valence-electron chi connectivity index (χ2n) is 5.25. The van der Waals surface area contributed by atoms with Gasteiger partial charge in [-0.05, 0) is 24.3 Å². The van der Waals surface area contributed by atoms with Gasteiger partial charge in [0, 0.05) is 18.8 Å². The molecule has 2 aromatic heterocycles. The number of fused-ring (bicyclic) bond motifs is 3. The first-order valence-corrected chi connectivity index (χ1v) is 7.40. The lowest BCUT2D eigenvalue weighted by Gasteiger charge is -2.05. The van der Waals surface area contributed by atoms with Gasteiger partial charge in [-0.15, -0.1) is 0 Å². The van der Waals surface area contributed by atoms with Crippen LogP contribution in [0.2, 0.25) is 0 Å². The van der Waals surface area contributed by atoms with Crippen LogP contribution in [0.25, 0.3) is 27.9 Å². The summed E-state index contributed by atoms with van der Waals surface area (Å²) in [5, 5.41) is 3.13. The summed E-state index contributed by atoms with van der Waals surface area (Å²) in [5.74, 6) is 1.58. The van der Waals surface area contributed by atoms with Crippen molar-refractivity contribution in [3.63, 3.8) is 0 Å². The van der Waals surface area contributed by atoms with Gasteiger partial charge in [0.15, 0.2) is 11.5 Å². The van der Waals surface area contributed by atoms with E-state index in [9.17, 15) is 0 Å². The number of nitrogens with zero attached hydrogens (tertiary/aromatic N) is 3. The molecule has 0 amide bonds. The predicted octanol–water partition coefficient (Wildman–Crippen LogP) is 3.60. The summed E-state index contributed by atoms with van der Waals surface area (Å²) < 4.78 is 7.38. The predicted molar refractivity (Wildman–Crippen MR) is 92.0 cm³/mol. The first-order chi connectivity index (χ1) is 11.3. The van der Waals surface area contributed by atoms with E-state index in [-0.39, 0.29) is 0 Å². The summed E-state index contributed by atoms with van der Waals surface area (Å²) in [6, 6.07) is 15.9. The summed E-state index contributed by atoms with van der Waals surface area (Å²) in [6.45, 7) is 0. The van der Waals surface area contributed by atoms with Crippen LogP contribution in [0.1, 0.15) is 0 Å². The number of aromatic nitrogens is 3. The maximum atomic E-state index is 5.31. The van der Waals surface area contributed by atoms with E-state index in [1.807, 2.05) is 61.8 Å². The molecule has 0 fully saturated rings. The molecule has 1 N–H and O–H groups in total. The van der Waals surface area contributed by atoms with Crippen molar-refractivity contribution in [1.29, 1.82) is 0 Å². The fourth-order valence-corrected chi connectivity index (χ4v) is 2.75. The molecular formula is C18H16N4O. The molecular weight excluding hydrogens is 288 g/mol. The number of rotatable bonds is 3. The van der Waals surface area contributed by atoms with Crippen molar-refractivity contribution in [2.75, 3.05) is 19.5 Å². The van der Waals surface area contributed by atoms with Crippen LogP contribution in [0.3, 0.4) is 0 Å². The van der Waals surface area contributed by atoms with Gasteiger partial charge < -0.3 is 10.1 Å². The lowest BCUT2D eigenvalue weighted by molar-refractivity contribution is 0.415. The molecule has 0 aliphatic rings. The summed E-state index contributed by atoms with van der Waals surface area (Å²) in [5.41, 5.74) is 4.67. The van der Waals surface area contributed by atoms with Gasteiger partial charge in [0.1, 0.15) is 5.75 Å². The van der Waals surface area contributed by atoms with Gasteiger partial charge >= 0.3 is 0 Å². The van der Waals surface area contributed by atoms with E-state index in [1.54, 1.807) is 7.11 Å². The van der Waals surface area contributed by atoms with Crippen molar-refractivity contribution in [2.24, 2.45) is 0 Å². The number of hydrogen-bond donors (Lipinski definition) is 1. The molecule has 5 heteroatoms. The zero-order valence-electron chi connectivity index (χ0n) is 12.9. The highest BCUT2D eigenvalue weighted by Crippen LogP contribution is 2.27. The molecule has 0 spiro atoms. The minimum atomic E-state index is 0.762. The van der Waals surface area contributed by atoms with Crippen molar-refractivity contribution in [3.05, 3.63) is 54.7 Å². The number of hydrogen-bond acceptors (Lipinski definition) is 4. The van der Waals surface area contributed by atoms with Crippen LogP contribution >= 0.6 is 0 Å². The van der Waals surface area contributed by atoms with E-state index in [4.69, 9.17) is 9.72 Å². The second-order valence-corrected chi connectivity index (χ2v) is 5.25. The van der Waals surface area contributed by atoms with Crippen LogP contribution < -0.4 is 10.1 Å². The SMILES string of the molecule is CNc1nc2ccccc2n2cc(-c3cccc(OC)c3)nc12. The Morgan fingerprint density at radius 2 is 1.91 bits per heavy atom. The standard InChI is InChI=1S/C18H16N4O/c1-19-17-18-21-15(12-6-5-7-13(10-12)23-2)11-22(18)16-9-4-3-8-14(16)20-17/h3-11H,1-2H3,(H,19,20). The van der Waals surface area contributed by atoms with Crippen LogP contribution in [0.4, 0.5) is 5.82 Å².